The maximum Gasteiger partial charge on any atom is 0.247 e. The zero-order valence-corrected chi connectivity index (χ0v) is 14.4. The molecule has 1 aromatic carbocycles. The van der Waals surface area contributed by atoms with Crippen LogP contribution in [0.3, 0.4) is 0 Å². The van der Waals surface area contributed by atoms with Crippen LogP contribution in [0.2, 0.25) is 0 Å². The second-order valence-electron chi connectivity index (χ2n) is 6.48. The Morgan fingerprint density at radius 2 is 1.83 bits per heavy atom. The van der Waals surface area contributed by atoms with Gasteiger partial charge in [-0.25, -0.2) is 0 Å². The van der Waals surface area contributed by atoms with Crippen LogP contribution in [0.25, 0.3) is 11.5 Å². The summed E-state index contributed by atoms with van der Waals surface area (Å²) in [4.78, 5) is 0. The highest BCUT2D eigenvalue weighted by Crippen LogP contribution is 2.25. The number of benzene rings is 1. The van der Waals surface area contributed by atoms with E-state index in [2.05, 4.69) is 42.2 Å². The molecule has 24 heavy (non-hydrogen) atoms. The first-order valence-corrected chi connectivity index (χ1v) is 8.48. The lowest BCUT2D eigenvalue weighted by Crippen LogP contribution is -1.96. The van der Waals surface area contributed by atoms with Crippen LogP contribution >= 0.6 is 0 Å². The summed E-state index contributed by atoms with van der Waals surface area (Å²) in [6, 6.07) is 11.9. The third-order valence-corrected chi connectivity index (χ3v) is 4.10. The van der Waals surface area contributed by atoms with Gasteiger partial charge >= 0.3 is 0 Å². The molecule has 0 fully saturated rings. The van der Waals surface area contributed by atoms with Crippen molar-refractivity contribution >= 4 is 0 Å². The number of aromatic nitrogens is 3. The minimum absolute atomic E-state index is 0.228. The van der Waals surface area contributed by atoms with E-state index < -0.39 is 0 Å². The fraction of sp³-hybridized carbons (Fsp3) is 0.421. The SMILES string of the molecule is CC(C)c1cc(CCCC(C)c2nnc(-c3ccccc3)o2)no1. The first kappa shape index (κ1) is 16.4. The van der Waals surface area contributed by atoms with E-state index in [1.807, 2.05) is 30.3 Å². The van der Waals surface area contributed by atoms with E-state index in [1.54, 1.807) is 0 Å². The predicted octanol–water partition coefficient (Wildman–Crippen LogP) is 4.97. The van der Waals surface area contributed by atoms with Gasteiger partial charge in [0.2, 0.25) is 11.8 Å². The highest BCUT2D eigenvalue weighted by molar-refractivity contribution is 5.51. The zero-order chi connectivity index (χ0) is 16.9. The topological polar surface area (TPSA) is 65.0 Å². The average molecular weight is 325 g/mol. The second kappa shape index (κ2) is 7.43. The van der Waals surface area contributed by atoms with Crippen LogP contribution < -0.4 is 0 Å². The van der Waals surface area contributed by atoms with Crippen LogP contribution in [0.1, 0.15) is 62.8 Å². The van der Waals surface area contributed by atoms with Gasteiger partial charge in [0.15, 0.2) is 0 Å². The Labute approximate surface area is 142 Å². The molecule has 0 radical (unpaired) electrons. The Morgan fingerprint density at radius 1 is 1.04 bits per heavy atom. The number of hydrogen-bond acceptors (Lipinski definition) is 5. The third kappa shape index (κ3) is 3.91. The number of nitrogens with zero attached hydrogens (tertiary/aromatic N) is 3. The average Bonchev–Trinajstić information content (AvgIpc) is 3.25. The molecule has 0 N–H and O–H groups in total. The lowest BCUT2D eigenvalue weighted by atomic mass is 10.0. The van der Waals surface area contributed by atoms with Gasteiger partial charge in [-0.3, -0.25) is 0 Å². The smallest absolute Gasteiger partial charge is 0.247 e. The summed E-state index contributed by atoms with van der Waals surface area (Å²) >= 11 is 0. The molecule has 5 heteroatoms. The monoisotopic (exact) mass is 325 g/mol. The highest BCUT2D eigenvalue weighted by Gasteiger charge is 2.15. The summed E-state index contributed by atoms with van der Waals surface area (Å²) in [7, 11) is 0. The molecule has 0 saturated carbocycles. The summed E-state index contributed by atoms with van der Waals surface area (Å²) in [6.07, 6.45) is 2.88. The largest absolute Gasteiger partial charge is 0.420 e. The van der Waals surface area contributed by atoms with Gasteiger partial charge in [-0.05, 0) is 31.4 Å². The molecule has 5 nitrogen and oxygen atoms in total. The molecule has 0 amide bonds. The van der Waals surface area contributed by atoms with E-state index in [9.17, 15) is 0 Å². The summed E-state index contributed by atoms with van der Waals surface area (Å²) < 4.78 is 11.1. The van der Waals surface area contributed by atoms with E-state index in [4.69, 9.17) is 8.94 Å². The van der Waals surface area contributed by atoms with E-state index in [0.717, 1.165) is 36.3 Å². The predicted molar refractivity (Wildman–Crippen MR) is 91.7 cm³/mol. The summed E-state index contributed by atoms with van der Waals surface area (Å²) in [5.41, 5.74) is 1.97. The molecular weight excluding hydrogens is 302 g/mol. The number of hydrogen-bond donors (Lipinski definition) is 0. The van der Waals surface area contributed by atoms with Gasteiger partial charge in [-0.15, -0.1) is 10.2 Å². The molecule has 1 unspecified atom stereocenters. The maximum atomic E-state index is 5.81. The lowest BCUT2D eigenvalue weighted by molar-refractivity contribution is 0.364. The molecule has 0 aliphatic carbocycles. The fourth-order valence-corrected chi connectivity index (χ4v) is 2.56. The van der Waals surface area contributed by atoms with Crippen LogP contribution in [-0.4, -0.2) is 15.4 Å². The van der Waals surface area contributed by atoms with Gasteiger partial charge in [0.1, 0.15) is 5.76 Å². The first-order valence-electron chi connectivity index (χ1n) is 8.48. The molecule has 0 aliphatic heterocycles. The first-order chi connectivity index (χ1) is 11.6. The Kier molecular flexibility index (Phi) is 5.08. The van der Waals surface area contributed by atoms with E-state index in [0.29, 0.717) is 17.7 Å². The van der Waals surface area contributed by atoms with Crippen LogP contribution in [-0.2, 0) is 6.42 Å². The molecule has 3 aromatic rings. The van der Waals surface area contributed by atoms with Crippen molar-refractivity contribution in [2.24, 2.45) is 0 Å². The molecule has 2 aromatic heterocycles. The van der Waals surface area contributed by atoms with Crippen molar-refractivity contribution in [2.75, 3.05) is 0 Å². The van der Waals surface area contributed by atoms with Gasteiger partial charge in [-0.1, -0.05) is 44.1 Å². The van der Waals surface area contributed by atoms with E-state index in [1.165, 1.54) is 0 Å². The summed E-state index contributed by atoms with van der Waals surface area (Å²) in [6.45, 7) is 6.32. The molecule has 1 atom stereocenters. The summed E-state index contributed by atoms with van der Waals surface area (Å²) in [5, 5.41) is 12.5. The second-order valence-corrected chi connectivity index (χ2v) is 6.48. The van der Waals surface area contributed by atoms with Crippen molar-refractivity contribution in [2.45, 2.75) is 51.9 Å². The molecule has 2 heterocycles. The van der Waals surface area contributed by atoms with Gasteiger partial charge in [0, 0.05) is 23.5 Å². The minimum Gasteiger partial charge on any atom is -0.420 e. The quantitative estimate of drug-likeness (QED) is 0.613. The van der Waals surface area contributed by atoms with Crippen molar-refractivity contribution in [3.63, 3.8) is 0 Å². The minimum atomic E-state index is 0.228. The Bertz CT molecular complexity index is 762. The molecule has 126 valence electrons. The van der Waals surface area contributed by atoms with Crippen molar-refractivity contribution in [1.82, 2.24) is 15.4 Å². The van der Waals surface area contributed by atoms with Crippen molar-refractivity contribution in [3.05, 3.63) is 53.7 Å². The van der Waals surface area contributed by atoms with Crippen molar-refractivity contribution in [1.29, 1.82) is 0 Å². The molecular formula is C19H23N3O2. The Morgan fingerprint density at radius 3 is 2.54 bits per heavy atom. The van der Waals surface area contributed by atoms with Crippen molar-refractivity contribution < 1.29 is 8.94 Å². The van der Waals surface area contributed by atoms with Gasteiger partial charge in [0.05, 0.1) is 5.69 Å². The van der Waals surface area contributed by atoms with Crippen molar-refractivity contribution in [3.8, 4) is 11.5 Å². The molecule has 0 saturated heterocycles. The number of rotatable bonds is 7. The summed E-state index contributed by atoms with van der Waals surface area (Å²) in [5.74, 6) is 2.82. The normalized spacial score (nSPS) is 12.7. The van der Waals surface area contributed by atoms with Crippen LogP contribution in [0.5, 0.6) is 0 Å². The Hall–Kier alpha value is -2.43. The van der Waals surface area contributed by atoms with Gasteiger partial charge < -0.3 is 8.94 Å². The van der Waals surface area contributed by atoms with Crippen LogP contribution in [0, 0.1) is 0 Å². The molecule has 0 aliphatic rings. The van der Waals surface area contributed by atoms with E-state index >= 15 is 0 Å². The molecule has 3 rings (SSSR count). The maximum absolute atomic E-state index is 5.81. The van der Waals surface area contributed by atoms with E-state index in [-0.39, 0.29) is 5.92 Å². The standard InChI is InChI=1S/C19H23N3O2/c1-13(2)17-12-16(22-24-17)11-7-8-14(3)18-20-21-19(23-18)15-9-5-4-6-10-15/h4-6,9-10,12-14H,7-8,11H2,1-3H3. The highest BCUT2D eigenvalue weighted by atomic mass is 16.5. The van der Waals surface area contributed by atoms with Crippen LogP contribution in [0.4, 0.5) is 0 Å². The zero-order valence-electron chi connectivity index (χ0n) is 14.4. The number of aryl methyl sites for hydroxylation is 1. The fourth-order valence-electron chi connectivity index (χ4n) is 2.56. The third-order valence-electron chi connectivity index (χ3n) is 4.10. The Balaban J connectivity index is 1.53. The van der Waals surface area contributed by atoms with Gasteiger partial charge in [-0.2, -0.15) is 0 Å². The lowest BCUT2D eigenvalue weighted by Gasteiger charge is -2.05. The molecule has 0 bridgehead atoms. The molecule has 0 spiro atoms. The van der Waals surface area contributed by atoms with Crippen LogP contribution in [0.15, 0.2) is 45.3 Å². The van der Waals surface area contributed by atoms with Gasteiger partial charge in [0.25, 0.3) is 0 Å².